The van der Waals surface area contributed by atoms with E-state index in [0.29, 0.717) is 23.2 Å². The van der Waals surface area contributed by atoms with Gasteiger partial charge in [0.15, 0.2) is 5.69 Å². The number of unbranched alkanes of at least 4 members (excludes halogenated alkanes) is 1. The van der Waals surface area contributed by atoms with Gasteiger partial charge < -0.3 is 15.2 Å². The van der Waals surface area contributed by atoms with Gasteiger partial charge in [-0.15, -0.1) is 0 Å². The molecule has 0 radical (unpaired) electrons. The van der Waals surface area contributed by atoms with Crippen LogP contribution in [0.1, 0.15) is 43.1 Å². The third-order valence-electron chi connectivity index (χ3n) is 5.54. The lowest BCUT2D eigenvalue weighted by Crippen LogP contribution is -2.60. The number of aromatic hydroxyl groups is 1. The van der Waals surface area contributed by atoms with E-state index >= 15 is 0 Å². The van der Waals surface area contributed by atoms with Crippen molar-refractivity contribution in [1.82, 2.24) is 20.4 Å². The fraction of sp³-hybridized carbons (Fsp3) is 0.579. The zero-order chi connectivity index (χ0) is 18.1. The van der Waals surface area contributed by atoms with Crippen LogP contribution in [0.3, 0.4) is 0 Å². The minimum absolute atomic E-state index is 0.128. The Kier molecular flexibility index (Phi) is 4.82. The first-order chi connectivity index (χ1) is 12.7. The highest BCUT2D eigenvalue weighted by molar-refractivity contribution is 6.05. The molecule has 2 aliphatic heterocycles. The summed E-state index contributed by atoms with van der Waals surface area (Å²) < 4.78 is 5.74. The molecule has 2 atom stereocenters. The van der Waals surface area contributed by atoms with Gasteiger partial charge in [0.1, 0.15) is 5.75 Å². The van der Waals surface area contributed by atoms with Gasteiger partial charge in [0.25, 0.3) is 5.91 Å². The molecule has 4 rings (SSSR count). The number of carbonyl (C=O) groups is 1. The number of aromatic nitrogens is 2. The first-order valence-corrected chi connectivity index (χ1v) is 9.47. The first kappa shape index (κ1) is 17.3. The summed E-state index contributed by atoms with van der Waals surface area (Å²) in [4.78, 5) is 15.3. The summed E-state index contributed by atoms with van der Waals surface area (Å²) in [6.45, 7) is 4.81. The second kappa shape index (κ2) is 7.25. The molecular weight excluding hydrogens is 332 g/mol. The number of nitrogens with zero attached hydrogens (tertiary/aromatic N) is 2. The Labute approximate surface area is 152 Å². The van der Waals surface area contributed by atoms with Crippen molar-refractivity contribution < 1.29 is 14.6 Å². The first-order valence-electron chi connectivity index (χ1n) is 9.47. The van der Waals surface area contributed by atoms with Crippen molar-refractivity contribution in [3.05, 3.63) is 23.9 Å². The van der Waals surface area contributed by atoms with Crippen molar-refractivity contribution in [1.29, 1.82) is 0 Å². The Morgan fingerprint density at radius 1 is 1.38 bits per heavy atom. The third kappa shape index (κ3) is 3.29. The SMILES string of the molecule is CCCCN1C2COCC1CC(NC(=O)c1n[nH]c3ccc(O)cc13)C2. The molecule has 2 aliphatic rings. The summed E-state index contributed by atoms with van der Waals surface area (Å²) in [5.41, 5.74) is 1.08. The molecule has 0 saturated carbocycles. The fourth-order valence-electron chi connectivity index (χ4n) is 4.24. The van der Waals surface area contributed by atoms with E-state index in [0.717, 1.165) is 38.1 Å². The summed E-state index contributed by atoms with van der Waals surface area (Å²) in [6, 6.07) is 5.75. The lowest BCUT2D eigenvalue weighted by molar-refractivity contribution is -0.0802. The van der Waals surface area contributed by atoms with Gasteiger partial charge in [-0.1, -0.05) is 13.3 Å². The van der Waals surface area contributed by atoms with E-state index in [-0.39, 0.29) is 17.7 Å². The minimum atomic E-state index is -0.187. The highest BCUT2D eigenvalue weighted by Gasteiger charge is 2.39. The average molecular weight is 358 g/mol. The Bertz CT molecular complexity index is 776. The molecule has 1 amide bonds. The molecule has 3 N–H and O–H groups in total. The van der Waals surface area contributed by atoms with Crippen molar-refractivity contribution in [2.45, 2.75) is 50.7 Å². The normalized spacial score (nSPS) is 26.1. The van der Waals surface area contributed by atoms with E-state index < -0.39 is 0 Å². The number of benzene rings is 1. The lowest BCUT2D eigenvalue weighted by atomic mass is 9.89. The van der Waals surface area contributed by atoms with E-state index in [4.69, 9.17) is 4.74 Å². The number of piperidine rings is 1. The Balaban J connectivity index is 1.46. The van der Waals surface area contributed by atoms with Crippen LogP contribution in [0.4, 0.5) is 0 Å². The Morgan fingerprint density at radius 2 is 2.15 bits per heavy atom. The van der Waals surface area contributed by atoms with Gasteiger partial charge in [0.2, 0.25) is 0 Å². The van der Waals surface area contributed by atoms with Crippen LogP contribution in [-0.2, 0) is 4.74 Å². The molecule has 26 heavy (non-hydrogen) atoms. The minimum Gasteiger partial charge on any atom is -0.508 e. The molecule has 0 aliphatic carbocycles. The van der Waals surface area contributed by atoms with E-state index in [2.05, 4.69) is 27.3 Å². The maximum Gasteiger partial charge on any atom is 0.272 e. The predicted molar refractivity (Wildman–Crippen MR) is 98.3 cm³/mol. The van der Waals surface area contributed by atoms with Crippen LogP contribution in [0.2, 0.25) is 0 Å². The quantitative estimate of drug-likeness (QED) is 0.761. The number of nitrogens with one attached hydrogen (secondary N) is 2. The molecule has 140 valence electrons. The van der Waals surface area contributed by atoms with Crippen LogP contribution in [0, 0.1) is 0 Å². The number of morpholine rings is 1. The van der Waals surface area contributed by atoms with Gasteiger partial charge in [-0.3, -0.25) is 14.8 Å². The number of fused-ring (bicyclic) bond motifs is 3. The van der Waals surface area contributed by atoms with Crippen molar-refractivity contribution in [3.63, 3.8) is 0 Å². The molecule has 1 aromatic heterocycles. The highest BCUT2D eigenvalue weighted by atomic mass is 16.5. The standard InChI is InChI=1S/C19H26N4O3/c1-2-3-6-23-13-7-12(8-14(23)11-26-10-13)20-19(25)18-16-9-15(24)4-5-17(16)21-22-18/h4-5,9,12-14,24H,2-3,6-8,10-11H2,1H3,(H,20,25)(H,21,22). The average Bonchev–Trinajstić information content (AvgIpc) is 3.03. The summed E-state index contributed by atoms with van der Waals surface area (Å²) in [5, 5.41) is 20.5. The predicted octanol–water partition coefficient (Wildman–Crippen LogP) is 2.03. The van der Waals surface area contributed by atoms with E-state index in [1.807, 2.05) is 0 Å². The van der Waals surface area contributed by atoms with Gasteiger partial charge in [-0.2, -0.15) is 5.10 Å². The van der Waals surface area contributed by atoms with Crippen molar-refractivity contribution in [2.75, 3.05) is 19.8 Å². The second-order valence-corrected chi connectivity index (χ2v) is 7.38. The Hall–Kier alpha value is -2.12. The van der Waals surface area contributed by atoms with Crippen LogP contribution in [0.25, 0.3) is 10.9 Å². The van der Waals surface area contributed by atoms with E-state index in [1.165, 1.54) is 12.8 Å². The number of phenols is 1. The van der Waals surface area contributed by atoms with Crippen LogP contribution >= 0.6 is 0 Å². The summed E-state index contributed by atoms with van der Waals surface area (Å²) in [6.07, 6.45) is 4.20. The van der Waals surface area contributed by atoms with Gasteiger partial charge in [0, 0.05) is 23.5 Å². The number of H-pyrrole nitrogens is 1. The second-order valence-electron chi connectivity index (χ2n) is 7.38. The maximum atomic E-state index is 12.8. The van der Waals surface area contributed by atoms with Crippen molar-refractivity contribution in [3.8, 4) is 5.75 Å². The molecule has 2 saturated heterocycles. The molecule has 3 heterocycles. The molecular formula is C19H26N4O3. The molecule has 0 spiro atoms. The van der Waals surface area contributed by atoms with Gasteiger partial charge in [-0.25, -0.2) is 0 Å². The zero-order valence-electron chi connectivity index (χ0n) is 15.1. The van der Waals surface area contributed by atoms with E-state index in [1.54, 1.807) is 18.2 Å². The van der Waals surface area contributed by atoms with Crippen LogP contribution < -0.4 is 5.32 Å². The molecule has 1 aromatic carbocycles. The monoisotopic (exact) mass is 358 g/mol. The van der Waals surface area contributed by atoms with Crippen molar-refractivity contribution in [2.24, 2.45) is 0 Å². The molecule has 7 heteroatoms. The van der Waals surface area contributed by atoms with Crippen LogP contribution in [-0.4, -0.2) is 64.0 Å². The number of carbonyl (C=O) groups excluding carboxylic acids is 1. The summed E-state index contributed by atoms with van der Waals surface area (Å²) in [7, 11) is 0. The number of ether oxygens (including phenoxy) is 1. The number of phenolic OH excluding ortho intramolecular Hbond substituents is 1. The molecule has 7 nitrogen and oxygen atoms in total. The maximum absolute atomic E-state index is 12.8. The number of hydrogen-bond donors (Lipinski definition) is 3. The molecule has 2 bridgehead atoms. The number of hydrogen-bond acceptors (Lipinski definition) is 5. The van der Waals surface area contributed by atoms with Crippen LogP contribution in [0.15, 0.2) is 18.2 Å². The fourth-order valence-corrected chi connectivity index (χ4v) is 4.24. The highest BCUT2D eigenvalue weighted by Crippen LogP contribution is 2.29. The van der Waals surface area contributed by atoms with Crippen molar-refractivity contribution >= 4 is 16.8 Å². The Morgan fingerprint density at radius 3 is 2.88 bits per heavy atom. The number of amides is 1. The lowest BCUT2D eigenvalue weighted by Gasteiger charge is -2.48. The number of aromatic amines is 1. The van der Waals surface area contributed by atoms with E-state index in [9.17, 15) is 9.90 Å². The third-order valence-corrected chi connectivity index (χ3v) is 5.54. The largest absolute Gasteiger partial charge is 0.508 e. The summed E-state index contributed by atoms with van der Waals surface area (Å²) >= 11 is 0. The number of rotatable bonds is 5. The van der Waals surface area contributed by atoms with Gasteiger partial charge >= 0.3 is 0 Å². The zero-order valence-corrected chi connectivity index (χ0v) is 15.1. The van der Waals surface area contributed by atoms with Gasteiger partial charge in [0.05, 0.1) is 18.7 Å². The topological polar surface area (TPSA) is 90.5 Å². The van der Waals surface area contributed by atoms with Gasteiger partial charge in [-0.05, 0) is 44.0 Å². The molecule has 2 unspecified atom stereocenters. The molecule has 2 aromatic rings. The smallest absolute Gasteiger partial charge is 0.272 e. The summed E-state index contributed by atoms with van der Waals surface area (Å²) in [5.74, 6) is -0.0586. The molecule has 2 fully saturated rings. The van der Waals surface area contributed by atoms with Crippen LogP contribution in [0.5, 0.6) is 5.75 Å².